The average Bonchev–Trinajstić information content (AvgIpc) is 3.12. The average molecular weight is 508 g/mol. The smallest absolute Gasteiger partial charge is 0.217 e. The normalized spacial score (nSPS) is 16.0. The summed E-state index contributed by atoms with van der Waals surface area (Å²) in [4.78, 5) is 11.8. The maximum absolute atomic E-state index is 13.7. The Labute approximate surface area is 217 Å². The molecule has 1 unspecified atom stereocenters. The van der Waals surface area contributed by atoms with Gasteiger partial charge in [-0.05, 0) is 63.9 Å². The van der Waals surface area contributed by atoms with Gasteiger partial charge in [-0.1, -0.05) is 51.1 Å². The van der Waals surface area contributed by atoms with E-state index in [1.54, 1.807) is 0 Å². The van der Waals surface area contributed by atoms with Crippen LogP contribution >= 0.6 is 0 Å². The van der Waals surface area contributed by atoms with Crippen LogP contribution in [0.4, 0.5) is 14.5 Å². The highest BCUT2D eigenvalue weighted by atomic mass is 19.1. The number of aliphatic hydroxyl groups excluding tert-OH is 1. The molecule has 4 N–H and O–H groups in total. The summed E-state index contributed by atoms with van der Waals surface area (Å²) in [6.07, 6.45) is -0.899. The van der Waals surface area contributed by atoms with E-state index in [0.29, 0.717) is 5.56 Å². The lowest BCUT2D eigenvalue weighted by molar-refractivity contribution is -0.120. The first-order valence-electron chi connectivity index (χ1n) is 12.6. The molecule has 1 aliphatic carbocycles. The van der Waals surface area contributed by atoms with Crippen LogP contribution in [-0.4, -0.2) is 36.2 Å². The van der Waals surface area contributed by atoms with Crippen molar-refractivity contribution in [2.75, 3.05) is 18.4 Å². The van der Waals surface area contributed by atoms with Crippen molar-refractivity contribution in [3.63, 3.8) is 0 Å². The van der Waals surface area contributed by atoms with Gasteiger partial charge in [0.05, 0.1) is 18.2 Å². The van der Waals surface area contributed by atoms with E-state index < -0.39 is 23.8 Å². The molecule has 3 aromatic rings. The van der Waals surface area contributed by atoms with E-state index in [1.807, 2.05) is 12.1 Å². The Bertz CT molecular complexity index is 1250. The minimum atomic E-state index is -0.992. The second-order valence-corrected chi connectivity index (χ2v) is 11.0. The quantitative estimate of drug-likeness (QED) is 0.322. The highest BCUT2D eigenvalue weighted by Crippen LogP contribution is 2.44. The lowest BCUT2D eigenvalue weighted by Gasteiger charge is -2.26. The molecule has 0 fully saturated rings. The summed E-state index contributed by atoms with van der Waals surface area (Å²) in [5.74, 6) is -1.72. The van der Waals surface area contributed by atoms with E-state index in [0.717, 1.165) is 40.6 Å². The maximum Gasteiger partial charge on any atom is 0.217 e. The van der Waals surface area contributed by atoms with E-state index in [1.165, 1.54) is 19.1 Å². The Kier molecular flexibility index (Phi) is 7.95. The Balaban J connectivity index is 1.54. The zero-order chi connectivity index (χ0) is 26.7. The van der Waals surface area contributed by atoms with Crippen molar-refractivity contribution in [1.29, 1.82) is 0 Å². The second-order valence-electron chi connectivity index (χ2n) is 11.0. The summed E-state index contributed by atoms with van der Waals surface area (Å²) < 4.78 is 27.4. The van der Waals surface area contributed by atoms with E-state index in [-0.39, 0.29) is 30.3 Å². The maximum atomic E-state index is 13.7. The number of carbonyl (C=O) groups is 1. The predicted octanol–water partition coefficient (Wildman–Crippen LogP) is 5.19. The molecule has 37 heavy (non-hydrogen) atoms. The van der Waals surface area contributed by atoms with Crippen LogP contribution in [0.15, 0.2) is 60.7 Å². The van der Waals surface area contributed by atoms with Crippen LogP contribution in [0.5, 0.6) is 0 Å². The third kappa shape index (κ3) is 6.73. The van der Waals surface area contributed by atoms with Crippen molar-refractivity contribution in [1.82, 2.24) is 10.6 Å². The number of rotatable bonds is 9. The fraction of sp³-hybridized carbons (Fsp3) is 0.367. The number of halogens is 2. The first kappa shape index (κ1) is 26.8. The molecule has 0 aliphatic heterocycles. The van der Waals surface area contributed by atoms with Gasteiger partial charge in [0.15, 0.2) is 0 Å². The van der Waals surface area contributed by atoms with Crippen molar-refractivity contribution in [2.45, 2.75) is 52.3 Å². The molecule has 3 atom stereocenters. The van der Waals surface area contributed by atoms with Crippen LogP contribution in [0.1, 0.15) is 50.4 Å². The Morgan fingerprint density at radius 2 is 1.65 bits per heavy atom. The Morgan fingerprint density at radius 3 is 2.32 bits per heavy atom. The number of aliphatic hydroxyl groups is 1. The largest absolute Gasteiger partial charge is 0.390 e. The van der Waals surface area contributed by atoms with Gasteiger partial charge in [0, 0.05) is 31.8 Å². The van der Waals surface area contributed by atoms with Gasteiger partial charge in [0.1, 0.15) is 11.6 Å². The van der Waals surface area contributed by atoms with Crippen molar-refractivity contribution in [3.05, 3.63) is 89.0 Å². The van der Waals surface area contributed by atoms with Gasteiger partial charge < -0.3 is 21.1 Å². The van der Waals surface area contributed by atoms with Crippen LogP contribution in [0.25, 0.3) is 11.1 Å². The highest BCUT2D eigenvalue weighted by molar-refractivity contribution is 5.80. The van der Waals surface area contributed by atoms with E-state index in [9.17, 15) is 18.7 Å². The molecule has 3 aromatic carbocycles. The second kappa shape index (κ2) is 11.0. The number of fused-ring (bicyclic) bond motifs is 3. The number of carbonyl (C=O) groups excluding carboxylic acids is 1. The summed E-state index contributed by atoms with van der Waals surface area (Å²) in [5, 5.41) is 20.8. The predicted molar refractivity (Wildman–Crippen MR) is 143 cm³/mol. The van der Waals surface area contributed by atoms with Gasteiger partial charge in [-0.25, -0.2) is 8.78 Å². The summed E-state index contributed by atoms with van der Waals surface area (Å²) >= 11 is 0. The van der Waals surface area contributed by atoms with E-state index in [4.69, 9.17) is 0 Å². The third-order valence-corrected chi connectivity index (χ3v) is 6.51. The molecule has 1 aliphatic rings. The first-order valence-corrected chi connectivity index (χ1v) is 12.6. The lowest BCUT2D eigenvalue weighted by Crippen LogP contribution is -2.48. The number of nitrogens with one attached hydrogen (secondary N) is 3. The Morgan fingerprint density at radius 1 is 0.973 bits per heavy atom. The third-order valence-electron chi connectivity index (χ3n) is 6.51. The van der Waals surface area contributed by atoms with Gasteiger partial charge in [-0.15, -0.1) is 0 Å². The fourth-order valence-electron chi connectivity index (χ4n) is 4.81. The molecule has 1 amide bonds. The molecule has 0 aromatic heterocycles. The summed E-state index contributed by atoms with van der Waals surface area (Å²) in [7, 11) is 0. The molecular formula is C30H35F2N3O2. The molecule has 0 bridgehead atoms. The minimum absolute atomic E-state index is 0.0931. The van der Waals surface area contributed by atoms with Crippen molar-refractivity contribution >= 4 is 11.6 Å². The van der Waals surface area contributed by atoms with Crippen molar-refractivity contribution < 1.29 is 18.7 Å². The Hall–Kier alpha value is -3.29. The van der Waals surface area contributed by atoms with Gasteiger partial charge in [-0.3, -0.25) is 4.79 Å². The topological polar surface area (TPSA) is 73.4 Å². The fourth-order valence-corrected chi connectivity index (χ4v) is 4.81. The number of hydrogen-bond donors (Lipinski definition) is 4. The summed E-state index contributed by atoms with van der Waals surface area (Å²) in [6.45, 7) is 8.89. The molecule has 196 valence electrons. The van der Waals surface area contributed by atoms with Crippen LogP contribution in [-0.2, 0) is 11.2 Å². The molecule has 0 radical (unpaired) electrons. The number of hydrogen-bond acceptors (Lipinski definition) is 4. The molecule has 0 saturated heterocycles. The van der Waals surface area contributed by atoms with Gasteiger partial charge in [-0.2, -0.15) is 0 Å². The lowest BCUT2D eigenvalue weighted by atomic mass is 9.96. The number of amides is 1. The molecule has 7 heteroatoms. The molecule has 4 rings (SSSR count). The molecular weight excluding hydrogens is 472 g/mol. The summed E-state index contributed by atoms with van der Waals surface area (Å²) in [5.41, 5.74) is 6.02. The first-order chi connectivity index (χ1) is 17.5. The zero-order valence-electron chi connectivity index (χ0n) is 21.7. The van der Waals surface area contributed by atoms with Crippen LogP contribution in [0.2, 0.25) is 0 Å². The van der Waals surface area contributed by atoms with Crippen LogP contribution in [0.3, 0.4) is 0 Å². The van der Waals surface area contributed by atoms with Crippen molar-refractivity contribution in [2.24, 2.45) is 5.41 Å². The molecule has 0 spiro atoms. The number of benzene rings is 3. The van der Waals surface area contributed by atoms with Crippen LogP contribution < -0.4 is 16.0 Å². The molecule has 0 heterocycles. The van der Waals surface area contributed by atoms with Gasteiger partial charge >= 0.3 is 0 Å². The zero-order valence-corrected chi connectivity index (χ0v) is 21.7. The van der Waals surface area contributed by atoms with Gasteiger partial charge in [0.25, 0.3) is 0 Å². The van der Waals surface area contributed by atoms with Crippen LogP contribution in [0, 0.1) is 17.0 Å². The van der Waals surface area contributed by atoms with E-state index in [2.05, 4.69) is 67.1 Å². The highest BCUT2D eigenvalue weighted by Gasteiger charge is 2.30. The van der Waals surface area contributed by atoms with E-state index >= 15 is 0 Å². The minimum Gasteiger partial charge on any atom is -0.390 e. The SMILES string of the molecule is CC(=O)N[C@@H](Cc1cc(F)cc(F)c1)[C@H](O)CNC1c2ccccc2-c2ccc(NCC(C)(C)C)cc21. The monoisotopic (exact) mass is 507 g/mol. The number of anilines is 1. The summed E-state index contributed by atoms with van der Waals surface area (Å²) in [6, 6.07) is 16.9. The van der Waals surface area contributed by atoms with Crippen molar-refractivity contribution in [3.8, 4) is 11.1 Å². The molecule has 0 saturated carbocycles. The standard InChI is InChI=1S/C30H35F2N3O2/c1-18(36)35-27(13-19-11-20(31)14-21(32)12-19)28(37)16-33-29-25-8-6-5-7-23(25)24-10-9-22(15-26(24)29)34-17-30(2,3)4/h5-12,14-15,27-29,33-34,37H,13,16-17H2,1-4H3,(H,35,36)/t27-,28+,29?/m0/s1. The van der Waals surface area contributed by atoms with Gasteiger partial charge in [0.2, 0.25) is 5.91 Å². The molecule has 5 nitrogen and oxygen atoms in total.